The maximum absolute atomic E-state index is 14.1. The van der Waals surface area contributed by atoms with E-state index >= 15 is 0 Å². The fraction of sp³-hybridized carbons (Fsp3) is 0.125. The Bertz CT molecular complexity index is 847. The Morgan fingerprint density at radius 3 is 3.00 bits per heavy atom. The summed E-state index contributed by atoms with van der Waals surface area (Å²) in [5.41, 5.74) is 1.25. The number of para-hydroxylation sites is 1. The largest absolute Gasteiger partial charge is 0.294 e. The van der Waals surface area contributed by atoms with Crippen LogP contribution < -0.4 is 5.32 Å². The van der Waals surface area contributed by atoms with Gasteiger partial charge >= 0.3 is 0 Å². The van der Waals surface area contributed by atoms with Crippen LogP contribution in [0.3, 0.4) is 0 Å². The van der Waals surface area contributed by atoms with Gasteiger partial charge in [0.1, 0.15) is 17.3 Å². The topological polar surface area (TPSA) is 70.0 Å². The molecule has 0 aliphatic carbocycles. The Morgan fingerprint density at radius 2 is 2.17 bits per heavy atom. The Hall–Kier alpha value is -3.09. The molecule has 0 saturated carbocycles. The number of fused-ring (bicyclic) bond motifs is 3. The van der Waals surface area contributed by atoms with Crippen molar-refractivity contribution in [2.45, 2.75) is 0 Å². The van der Waals surface area contributed by atoms with Gasteiger partial charge in [-0.05, 0) is 24.3 Å². The van der Waals surface area contributed by atoms with Gasteiger partial charge in [0.2, 0.25) is 5.96 Å². The Balaban J connectivity index is 1.73. The van der Waals surface area contributed by atoms with Crippen LogP contribution >= 0.6 is 0 Å². The number of carbonyl (C=O) groups excluding carboxylic acids is 1. The van der Waals surface area contributed by atoms with Crippen LogP contribution in [0, 0.1) is 5.82 Å². The highest BCUT2D eigenvalue weighted by Gasteiger charge is 2.31. The highest BCUT2D eigenvalue weighted by Crippen LogP contribution is 2.30. The van der Waals surface area contributed by atoms with Crippen molar-refractivity contribution >= 4 is 23.4 Å². The first-order valence-corrected chi connectivity index (χ1v) is 7.15. The summed E-state index contributed by atoms with van der Waals surface area (Å²) in [5.74, 6) is 0.136. The van der Waals surface area contributed by atoms with Crippen molar-refractivity contribution in [3.05, 3.63) is 59.7 Å². The van der Waals surface area contributed by atoms with Crippen molar-refractivity contribution in [1.29, 1.82) is 0 Å². The molecule has 0 radical (unpaired) electrons. The van der Waals surface area contributed by atoms with Crippen LogP contribution in [0.5, 0.6) is 0 Å². The standard InChI is InChI=1S/C16H12FN5O/c17-12-5-1-4-11-13(12)20-16(22-8-7-19-14(11)22)21-15(23)10-3-2-6-18-9-10/h1-6,9H,7-8H2,(H,20,21,23). The molecule has 0 saturated heterocycles. The minimum Gasteiger partial charge on any atom is -0.294 e. The predicted octanol–water partition coefficient (Wildman–Crippen LogP) is 1.71. The number of nitrogens with one attached hydrogen (secondary N) is 1. The number of aromatic nitrogens is 1. The normalized spacial score (nSPS) is 15.4. The van der Waals surface area contributed by atoms with Gasteiger partial charge in [-0.2, -0.15) is 0 Å². The van der Waals surface area contributed by atoms with Gasteiger partial charge in [-0.3, -0.25) is 25.0 Å². The van der Waals surface area contributed by atoms with Crippen LogP contribution in [-0.4, -0.2) is 40.7 Å². The number of rotatable bonds is 1. The van der Waals surface area contributed by atoms with Gasteiger partial charge < -0.3 is 0 Å². The highest BCUT2D eigenvalue weighted by atomic mass is 19.1. The van der Waals surface area contributed by atoms with E-state index in [9.17, 15) is 9.18 Å². The monoisotopic (exact) mass is 309 g/mol. The van der Waals surface area contributed by atoms with Crippen molar-refractivity contribution in [3.8, 4) is 0 Å². The van der Waals surface area contributed by atoms with Crippen LogP contribution in [0.15, 0.2) is 52.7 Å². The van der Waals surface area contributed by atoms with E-state index in [1.807, 2.05) is 0 Å². The number of guanidine groups is 1. The number of halogens is 1. The third-order valence-electron chi connectivity index (χ3n) is 3.69. The average molecular weight is 309 g/mol. The zero-order valence-electron chi connectivity index (χ0n) is 12.0. The first-order valence-electron chi connectivity index (χ1n) is 7.15. The second kappa shape index (κ2) is 5.28. The molecule has 7 heteroatoms. The fourth-order valence-corrected chi connectivity index (χ4v) is 2.63. The van der Waals surface area contributed by atoms with E-state index in [4.69, 9.17) is 0 Å². The molecule has 1 aromatic heterocycles. The SMILES string of the molecule is O=C(NC1=Nc2c(F)cccc2C2=NCCN12)c1cccnc1. The zero-order valence-corrected chi connectivity index (χ0v) is 12.0. The molecule has 2 aromatic rings. The van der Waals surface area contributed by atoms with Gasteiger partial charge in [-0.15, -0.1) is 0 Å². The van der Waals surface area contributed by atoms with E-state index in [-0.39, 0.29) is 17.6 Å². The average Bonchev–Trinajstić information content (AvgIpc) is 3.07. The van der Waals surface area contributed by atoms with Gasteiger partial charge in [0, 0.05) is 24.5 Å². The third kappa shape index (κ3) is 2.26. The smallest absolute Gasteiger partial charge is 0.259 e. The molecule has 4 rings (SSSR count). The molecule has 0 unspecified atom stereocenters. The lowest BCUT2D eigenvalue weighted by molar-refractivity contribution is 0.0973. The Kier molecular flexibility index (Phi) is 3.11. The van der Waals surface area contributed by atoms with Crippen molar-refractivity contribution in [3.63, 3.8) is 0 Å². The summed E-state index contributed by atoms with van der Waals surface area (Å²) in [5, 5.41) is 2.72. The summed E-state index contributed by atoms with van der Waals surface area (Å²) in [6.07, 6.45) is 3.05. The molecule has 0 bridgehead atoms. The van der Waals surface area contributed by atoms with Crippen molar-refractivity contribution < 1.29 is 9.18 Å². The summed E-state index contributed by atoms with van der Waals surface area (Å²) >= 11 is 0. The zero-order chi connectivity index (χ0) is 15.8. The highest BCUT2D eigenvalue weighted by molar-refractivity contribution is 6.19. The third-order valence-corrected chi connectivity index (χ3v) is 3.69. The van der Waals surface area contributed by atoms with E-state index in [0.29, 0.717) is 30.1 Å². The molecule has 0 spiro atoms. The van der Waals surface area contributed by atoms with Crippen LogP contribution in [0.25, 0.3) is 0 Å². The molecule has 114 valence electrons. The Morgan fingerprint density at radius 1 is 1.26 bits per heavy atom. The maximum atomic E-state index is 14.1. The molecule has 23 heavy (non-hydrogen) atoms. The quantitative estimate of drug-likeness (QED) is 0.872. The van der Waals surface area contributed by atoms with Crippen LogP contribution in [0.1, 0.15) is 15.9 Å². The summed E-state index contributed by atoms with van der Waals surface area (Å²) in [7, 11) is 0. The van der Waals surface area contributed by atoms with Crippen LogP contribution in [0.4, 0.5) is 10.1 Å². The van der Waals surface area contributed by atoms with Crippen LogP contribution in [0.2, 0.25) is 0 Å². The number of nitrogens with zero attached hydrogens (tertiary/aromatic N) is 4. The summed E-state index contributed by atoms with van der Waals surface area (Å²) in [4.78, 5) is 26.7. The van der Waals surface area contributed by atoms with E-state index in [0.717, 1.165) is 0 Å². The van der Waals surface area contributed by atoms with Crippen LogP contribution in [-0.2, 0) is 0 Å². The van der Waals surface area contributed by atoms with E-state index < -0.39 is 5.82 Å². The lowest BCUT2D eigenvalue weighted by atomic mass is 10.1. The van der Waals surface area contributed by atoms with Crippen molar-refractivity contribution in [2.75, 3.05) is 13.1 Å². The summed E-state index contributed by atoms with van der Waals surface area (Å²) < 4.78 is 14.1. The molecule has 2 aliphatic heterocycles. The minimum atomic E-state index is -0.440. The summed E-state index contributed by atoms with van der Waals surface area (Å²) in [6, 6.07) is 8.07. The van der Waals surface area contributed by atoms with Crippen molar-refractivity contribution in [1.82, 2.24) is 15.2 Å². The number of hydrogen-bond acceptors (Lipinski definition) is 5. The number of carbonyl (C=O) groups is 1. The number of pyridine rings is 1. The molecule has 3 heterocycles. The lowest BCUT2D eigenvalue weighted by Crippen LogP contribution is -2.47. The molecule has 1 aromatic carbocycles. The lowest BCUT2D eigenvalue weighted by Gasteiger charge is -2.27. The van der Waals surface area contributed by atoms with E-state index in [1.54, 1.807) is 35.4 Å². The molecule has 1 amide bonds. The molecule has 1 N–H and O–H groups in total. The molecular weight excluding hydrogens is 297 g/mol. The molecule has 0 atom stereocenters. The van der Waals surface area contributed by atoms with E-state index in [1.165, 1.54) is 12.3 Å². The number of aliphatic imine (C=N–C) groups is 2. The minimum absolute atomic E-state index is 0.200. The number of hydrogen-bond donors (Lipinski definition) is 1. The number of benzene rings is 1. The predicted molar refractivity (Wildman–Crippen MR) is 83.3 cm³/mol. The first kappa shape index (κ1) is 13.6. The number of amidine groups is 1. The van der Waals surface area contributed by atoms with Crippen molar-refractivity contribution in [2.24, 2.45) is 9.98 Å². The van der Waals surface area contributed by atoms with E-state index in [2.05, 4.69) is 20.3 Å². The second-order valence-electron chi connectivity index (χ2n) is 5.12. The first-order chi connectivity index (χ1) is 11.2. The van der Waals surface area contributed by atoms with Gasteiger partial charge in [0.15, 0.2) is 0 Å². The van der Waals surface area contributed by atoms with Gasteiger partial charge in [0.25, 0.3) is 5.91 Å². The Labute approximate surface area is 131 Å². The molecule has 2 aliphatic rings. The number of amides is 1. The van der Waals surface area contributed by atoms with Gasteiger partial charge in [-0.1, -0.05) is 6.07 Å². The second-order valence-corrected chi connectivity index (χ2v) is 5.12. The molecule has 0 fully saturated rings. The summed E-state index contributed by atoms with van der Waals surface area (Å²) in [6.45, 7) is 1.17. The molecule has 6 nitrogen and oxygen atoms in total. The van der Waals surface area contributed by atoms with Gasteiger partial charge in [0.05, 0.1) is 12.1 Å². The molecular formula is C16H12FN5O. The fourth-order valence-electron chi connectivity index (χ4n) is 2.63. The maximum Gasteiger partial charge on any atom is 0.259 e. The van der Waals surface area contributed by atoms with Gasteiger partial charge in [-0.25, -0.2) is 9.38 Å².